The number of benzene rings is 2. The Hall–Kier alpha value is -2.30. The smallest absolute Gasteiger partial charge is 0.141 e. The van der Waals surface area contributed by atoms with E-state index in [9.17, 15) is 4.39 Å². The predicted molar refractivity (Wildman–Crippen MR) is 106 cm³/mol. The molecule has 0 saturated heterocycles. The molecule has 1 atom stereocenters. The molecule has 2 heterocycles. The van der Waals surface area contributed by atoms with Crippen LogP contribution in [-0.4, -0.2) is 23.1 Å². The highest BCUT2D eigenvalue weighted by Gasteiger charge is 2.27. The topological polar surface area (TPSA) is 17.4 Å². The van der Waals surface area contributed by atoms with Gasteiger partial charge in [0.1, 0.15) is 11.6 Å². The zero-order valence-electron chi connectivity index (χ0n) is 15.2. The van der Waals surface area contributed by atoms with Crippen molar-refractivity contribution in [2.24, 2.45) is 0 Å². The Labute approximate surface area is 163 Å². The summed E-state index contributed by atoms with van der Waals surface area (Å²) >= 11 is 6.01. The van der Waals surface area contributed by atoms with Gasteiger partial charge in [-0.3, -0.25) is 4.90 Å². The number of hydrogen-bond donors (Lipinski definition) is 0. The lowest BCUT2D eigenvalue weighted by Gasteiger charge is -2.31. The van der Waals surface area contributed by atoms with Crippen molar-refractivity contribution >= 4 is 11.6 Å². The number of nitrogens with zero attached hydrogens (tertiary/aromatic N) is 2. The fraction of sp³-hybridized carbons (Fsp3) is 0.273. The third-order valence-electron chi connectivity index (χ3n) is 5.13. The summed E-state index contributed by atoms with van der Waals surface area (Å²) in [6, 6.07) is 17.6. The standard InChI is InChI=1S/C22H22ClFN2O/c1-27-18-6-2-5-17(14-18)22-21-7-3-10-25(21)11-4-12-26(22)15-16-8-9-20(24)19(23)13-16/h2-3,5-10,13-14,22H,4,11-12,15H2,1H3/t22-/m1/s1. The third kappa shape index (κ3) is 3.73. The van der Waals surface area contributed by atoms with Crippen molar-refractivity contribution in [3.8, 4) is 5.75 Å². The summed E-state index contributed by atoms with van der Waals surface area (Å²) in [4.78, 5) is 2.43. The van der Waals surface area contributed by atoms with Crippen molar-refractivity contribution in [1.29, 1.82) is 0 Å². The zero-order chi connectivity index (χ0) is 18.8. The van der Waals surface area contributed by atoms with Crippen molar-refractivity contribution in [2.75, 3.05) is 13.7 Å². The van der Waals surface area contributed by atoms with Crippen LogP contribution in [0.2, 0.25) is 5.02 Å². The molecule has 2 aromatic carbocycles. The first-order valence-electron chi connectivity index (χ1n) is 9.12. The molecule has 5 heteroatoms. The van der Waals surface area contributed by atoms with Crippen LogP contribution in [0.4, 0.5) is 4.39 Å². The van der Waals surface area contributed by atoms with Crippen LogP contribution in [-0.2, 0) is 13.1 Å². The molecular formula is C22H22ClFN2O. The molecule has 1 aliphatic heterocycles. The van der Waals surface area contributed by atoms with Crippen molar-refractivity contribution in [3.05, 3.63) is 88.5 Å². The quantitative estimate of drug-likeness (QED) is 0.608. The molecule has 0 unspecified atom stereocenters. The lowest BCUT2D eigenvalue weighted by atomic mass is 10.0. The highest BCUT2D eigenvalue weighted by atomic mass is 35.5. The summed E-state index contributed by atoms with van der Waals surface area (Å²) in [7, 11) is 1.69. The molecule has 1 aromatic heterocycles. The van der Waals surface area contributed by atoms with E-state index in [2.05, 4.69) is 39.9 Å². The Balaban J connectivity index is 1.74. The van der Waals surface area contributed by atoms with Gasteiger partial charge in [0.25, 0.3) is 0 Å². The summed E-state index contributed by atoms with van der Waals surface area (Å²) in [6.45, 7) is 2.63. The number of rotatable bonds is 4. The molecule has 0 bridgehead atoms. The first-order valence-corrected chi connectivity index (χ1v) is 9.50. The Kier molecular flexibility index (Phi) is 5.19. The first kappa shape index (κ1) is 18.1. The second kappa shape index (κ2) is 7.75. The molecule has 140 valence electrons. The van der Waals surface area contributed by atoms with Gasteiger partial charge in [-0.25, -0.2) is 4.39 Å². The second-order valence-corrected chi connectivity index (χ2v) is 7.29. The molecule has 0 spiro atoms. The zero-order valence-corrected chi connectivity index (χ0v) is 16.0. The van der Waals surface area contributed by atoms with Gasteiger partial charge >= 0.3 is 0 Å². The lowest BCUT2D eigenvalue weighted by Crippen LogP contribution is -2.29. The van der Waals surface area contributed by atoms with E-state index >= 15 is 0 Å². The summed E-state index contributed by atoms with van der Waals surface area (Å²) in [5.41, 5.74) is 3.45. The molecule has 4 rings (SSSR count). The van der Waals surface area contributed by atoms with Gasteiger partial charge < -0.3 is 9.30 Å². The van der Waals surface area contributed by atoms with Gasteiger partial charge in [0.15, 0.2) is 0 Å². The van der Waals surface area contributed by atoms with Gasteiger partial charge in [-0.05, 0) is 53.9 Å². The van der Waals surface area contributed by atoms with Crippen molar-refractivity contribution in [3.63, 3.8) is 0 Å². The highest BCUT2D eigenvalue weighted by Crippen LogP contribution is 2.34. The number of methoxy groups -OCH3 is 1. The maximum atomic E-state index is 13.6. The van der Waals surface area contributed by atoms with Crippen LogP contribution < -0.4 is 4.74 Å². The fourth-order valence-electron chi connectivity index (χ4n) is 3.88. The minimum Gasteiger partial charge on any atom is -0.497 e. The van der Waals surface area contributed by atoms with Crippen LogP contribution in [0.25, 0.3) is 0 Å². The molecule has 0 aliphatic carbocycles. The van der Waals surface area contributed by atoms with E-state index < -0.39 is 0 Å². The Bertz CT molecular complexity index is 940. The number of aryl methyl sites for hydroxylation is 1. The summed E-state index contributed by atoms with van der Waals surface area (Å²) in [5.74, 6) is 0.467. The van der Waals surface area contributed by atoms with Crippen molar-refractivity contribution in [2.45, 2.75) is 25.6 Å². The molecule has 0 fully saturated rings. The monoisotopic (exact) mass is 384 g/mol. The van der Waals surface area contributed by atoms with Crippen molar-refractivity contribution < 1.29 is 9.13 Å². The summed E-state index contributed by atoms with van der Waals surface area (Å²) in [6.07, 6.45) is 3.19. The normalized spacial score (nSPS) is 17.4. The Morgan fingerprint density at radius 3 is 2.81 bits per heavy atom. The minimum absolute atomic E-state index is 0.0985. The highest BCUT2D eigenvalue weighted by molar-refractivity contribution is 6.30. The van der Waals surface area contributed by atoms with Gasteiger partial charge in [0.2, 0.25) is 0 Å². The molecule has 0 amide bonds. The average Bonchev–Trinajstić information content (AvgIpc) is 3.06. The number of aromatic nitrogens is 1. The molecule has 1 aliphatic rings. The van der Waals surface area contributed by atoms with Crippen molar-refractivity contribution in [1.82, 2.24) is 9.47 Å². The first-order chi connectivity index (χ1) is 13.2. The number of halogens is 2. The van der Waals surface area contributed by atoms with Crippen LogP contribution >= 0.6 is 11.6 Å². The molecule has 3 nitrogen and oxygen atoms in total. The van der Waals surface area contributed by atoms with Crippen LogP contribution in [0.1, 0.15) is 29.3 Å². The van der Waals surface area contributed by atoms with Crippen LogP contribution in [0.5, 0.6) is 5.75 Å². The third-order valence-corrected chi connectivity index (χ3v) is 5.42. The largest absolute Gasteiger partial charge is 0.497 e. The van der Waals surface area contributed by atoms with Crippen LogP contribution in [0, 0.1) is 5.82 Å². The molecule has 3 aromatic rings. The van der Waals surface area contributed by atoms with Gasteiger partial charge in [-0.15, -0.1) is 0 Å². The van der Waals surface area contributed by atoms with E-state index in [0.29, 0.717) is 6.54 Å². The Morgan fingerprint density at radius 2 is 2.00 bits per heavy atom. The Morgan fingerprint density at radius 1 is 1.11 bits per heavy atom. The lowest BCUT2D eigenvalue weighted by molar-refractivity contribution is 0.220. The van der Waals surface area contributed by atoms with Gasteiger partial charge in [0, 0.05) is 31.5 Å². The van der Waals surface area contributed by atoms with Gasteiger partial charge in [-0.1, -0.05) is 29.8 Å². The van der Waals surface area contributed by atoms with E-state index in [1.807, 2.05) is 18.2 Å². The van der Waals surface area contributed by atoms with Gasteiger partial charge in [0.05, 0.1) is 18.2 Å². The number of fused-ring (bicyclic) bond motifs is 1. The summed E-state index contributed by atoms with van der Waals surface area (Å²) in [5, 5.41) is 0.170. The van der Waals surface area contributed by atoms with Crippen LogP contribution in [0.3, 0.4) is 0 Å². The van der Waals surface area contributed by atoms with E-state index in [0.717, 1.165) is 30.8 Å². The average molecular weight is 385 g/mol. The number of hydrogen-bond acceptors (Lipinski definition) is 2. The van der Waals surface area contributed by atoms with E-state index in [-0.39, 0.29) is 16.9 Å². The minimum atomic E-state index is -0.380. The summed E-state index contributed by atoms with van der Waals surface area (Å²) < 4.78 is 21.3. The molecule has 0 N–H and O–H groups in total. The molecule has 0 radical (unpaired) electrons. The van der Waals surface area contributed by atoms with E-state index in [1.54, 1.807) is 13.2 Å². The molecule has 0 saturated carbocycles. The fourth-order valence-corrected chi connectivity index (χ4v) is 4.08. The van der Waals surface area contributed by atoms with Crippen LogP contribution in [0.15, 0.2) is 60.8 Å². The predicted octanol–water partition coefficient (Wildman–Crippen LogP) is 5.28. The molecule has 27 heavy (non-hydrogen) atoms. The maximum absolute atomic E-state index is 13.6. The van der Waals surface area contributed by atoms with Gasteiger partial charge in [-0.2, -0.15) is 0 Å². The SMILES string of the molecule is COc1cccc([C@@H]2c3cccn3CCCN2Cc2ccc(F)c(Cl)c2)c1. The second-order valence-electron chi connectivity index (χ2n) is 6.88. The van der Waals surface area contributed by atoms with E-state index in [1.165, 1.54) is 17.3 Å². The maximum Gasteiger partial charge on any atom is 0.141 e. The number of ether oxygens (including phenoxy) is 1. The molecular weight excluding hydrogens is 363 g/mol. The van der Waals surface area contributed by atoms with E-state index in [4.69, 9.17) is 16.3 Å².